The van der Waals surface area contributed by atoms with Gasteiger partial charge < -0.3 is 0 Å². The summed E-state index contributed by atoms with van der Waals surface area (Å²) in [4.78, 5) is 4.32. The number of pyridine rings is 1. The van der Waals surface area contributed by atoms with E-state index in [1.165, 1.54) is 12.3 Å². The fourth-order valence-corrected chi connectivity index (χ4v) is 4.73. The molecule has 24 heavy (non-hydrogen) atoms. The van der Waals surface area contributed by atoms with E-state index in [9.17, 15) is 12.8 Å². The van der Waals surface area contributed by atoms with Crippen LogP contribution in [-0.4, -0.2) is 25.7 Å². The molecule has 1 N–H and O–H groups in total. The van der Waals surface area contributed by atoms with Crippen LogP contribution in [0.4, 0.5) is 4.39 Å². The highest BCUT2D eigenvalue weighted by molar-refractivity contribution is 7.88. The smallest absolute Gasteiger partial charge is 0.208 e. The Morgan fingerprint density at radius 1 is 1.21 bits per heavy atom. The first-order valence-corrected chi connectivity index (χ1v) is 10.2. The molecule has 2 aromatic rings. The number of halogens is 1. The predicted molar refractivity (Wildman–Crippen MR) is 93.8 cm³/mol. The third-order valence-electron chi connectivity index (χ3n) is 5.06. The number of hydrogen-bond donors (Lipinski definition) is 1. The summed E-state index contributed by atoms with van der Waals surface area (Å²) in [7, 11) is -3.17. The van der Waals surface area contributed by atoms with Gasteiger partial charge in [0.15, 0.2) is 0 Å². The normalized spacial score (nSPS) is 23.3. The van der Waals surface area contributed by atoms with Gasteiger partial charge in [0.05, 0.1) is 11.8 Å². The summed E-state index contributed by atoms with van der Waals surface area (Å²) in [6.45, 7) is 1.93. The first kappa shape index (κ1) is 17.3. The highest BCUT2D eigenvalue weighted by Crippen LogP contribution is 2.39. The second kappa shape index (κ2) is 6.76. The van der Waals surface area contributed by atoms with Gasteiger partial charge in [0.1, 0.15) is 5.82 Å². The molecule has 1 saturated carbocycles. The molecule has 1 aliphatic carbocycles. The Hall–Kier alpha value is -1.53. The molecule has 1 aromatic heterocycles. The Morgan fingerprint density at radius 3 is 2.58 bits per heavy atom. The average Bonchev–Trinajstić information content (AvgIpc) is 2.53. The van der Waals surface area contributed by atoms with E-state index in [2.05, 4.69) is 9.71 Å². The topological polar surface area (TPSA) is 59.1 Å². The van der Waals surface area contributed by atoms with Crippen molar-refractivity contribution in [2.45, 2.75) is 44.6 Å². The molecule has 0 amide bonds. The minimum atomic E-state index is -3.17. The zero-order valence-corrected chi connectivity index (χ0v) is 14.8. The number of benzene rings is 1. The number of rotatable bonds is 4. The molecular formula is C18H23FN2O2S. The van der Waals surface area contributed by atoms with Crippen LogP contribution in [0.15, 0.2) is 30.5 Å². The van der Waals surface area contributed by atoms with Crippen LogP contribution < -0.4 is 4.72 Å². The number of nitrogens with one attached hydrogen (secondary N) is 1. The highest BCUT2D eigenvalue weighted by Gasteiger charge is 2.28. The minimum Gasteiger partial charge on any atom is -0.256 e. The second-order valence-electron chi connectivity index (χ2n) is 6.85. The molecule has 0 saturated heterocycles. The largest absolute Gasteiger partial charge is 0.256 e. The van der Waals surface area contributed by atoms with Crippen LogP contribution in [0.1, 0.15) is 44.1 Å². The van der Waals surface area contributed by atoms with Crippen molar-refractivity contribution >= 4 is 20.9 Å². The maximum Gasteiger partial charge on any atom is 0.208 e. The summed E-state index contributed by atoms with van der Waals surface area (Å²) >= 11 is 0. The van der Waals surface area contributed by atoms with Gasteiger partial charge in [0.25, 0.3) is 0 Å². The lowest BCUT2D eigenvalue weighted by molar-refractivity contribution is 0.281. The zero-order valence-electron chi connectivity index (χ0n) is 14.0. The number of sulfonamides is 1. The minimum absolute atomic E-state index is 0.0485. The standard InChI is InChI=1S/C18H23FN2O2S/c1-12(21-24(2,22)23)13-3-5-14(6-4-13)16-9-10-20-18-8-7-15(19)11-17(16)18/h7-14,21H,3-6H2,1-2H3/t12-,13-,14+/m1/s1. The van der Waals surface area contributed by atoms with E-state index in [-0.39, 0.29) is 11.9 Å². The summed E-state index contributed by atoms with van der Waals surface area (Å²) in [6.07, 6.45) is 6.88. The SMILES string of the molecule is C[C@@H](NS(C)(=O)=O)[C@H]1CC[C@@H](c2ccnc3ccc(F)cc32)CC1. The molecule has 3 rings (SSSR count). The van der Waals surface area contributed by atoms with Crippen LogP contribution in [0.25, 0.3) is 10.9 Å². The Balaban J connectivity index is 1.74. The second-order valence-corrected chi connectivity index (χ2v) is 8.63. The van der Waals surface area contributed by atoms with Crippen LogP contribution >= 0.6 is 0 Å². The van der Waals surface area contributed by atoms with Gasteiger partial charge in [-0.15, -0.1) is 0 Å². The lowest BCUT2D eigenvalue weighted by Crippen LogP contribution is -2.38. The monoisotopic (exact) mass is 350 g/mol. The van der Waals surface area contributed by atoms with Gasteiger partial charge in [-0.2, -0.15) is 0 Å². The Kier molecular flexibility index (Phi) is 4.88. The van der Waals surface area contributed by atoms with Crippen molar-refractivity contribution < 1.29 is 12.8 Å². The van der Waals surface area contributed by atoms with Crippen LogP contribution in [0.2, 0.25) is 0 Å². The Morgan fingerprint density at radius 2 is 1.92 bits per heavy atom. The number of fused-ring (bicyclic) bond motifs is 1. The van der Waals surface area contributed by atoms with Gasteiger partial charge in [0, 0.05) is 17.6 Å². The van der Waals surface area contributed by atoms with E-state index in [1.807, 2.05) is 13.0 Å². The van der Waals surface area contributed by atoms with E-state index < -0.39 is 10.0 Å². The van der Waals surface area contributed by atoms with Gasteiger partial charge in [0.2, 0.25) is 10.0 Å². The molecule has 0 bridgehead atoms. The van der Waals surface area contributed by atoms with Gasteiger partial charge in [-0.3, -0.25) is 4.98 Å². The average molecular weight is 350 g/mol. The number of aromatic nitrogens is 1. The highest BCUT2D eigenvalue weighted by atomic mass is 32.2. The molecule has 130 valence electrons. The first-order chi connectivity index (χ1) is 11.3. The third-order valence-corrected chi connectivity index (χ3v) is 5.86. The van der Waals surface area contributed by atoms with Crippen molar-refractivity contribution in [3.05, 3.63) is 41.8 Å². The molecule has 0 spiro atoms. The van der Waals surface area contributed by atoms with Gasteiger partial charge >= 0.3 is 0 Å². The van der Waals surface area contributed by atoms with Crippen molar-refractivity contribution in [1.29, 1.82) is 0 Å². The molecule has 0 unspecified atom stereocenters. The molecule has 1 fully saturated rings. The summed E-state index contributed by atoms with van der Waals surface area (Å²) in [5.41, 5.74) is 1.98. The first-order valence-electron chi connectivity index (χ1n) is 8.35. The predicted octanol–water partition coefficient (Wildman–Crippen LogP) is 3.59. The molecule has 1 atom stereocenters. The Labute approximate surface area is 142 Å². The summed E-state index contributed by atoms with van der Waals surface area (Å²) in [5.74, 6) is 0.483. The van der Waals surface area contributed by atoms with E-state index in [0.29, 0.717) is 11.8 Å². The zero-order chi connectivity index (χ0) is 17.3. The van der Waals surface area contributed by atoms with Crippen LogP contribution in [-0.2, 0) is 10.0 Å². The lowest BCUT2D eigenvalue weighted by atomic mass is 9.76. The van der Waals surface area contributed by atoms with Crippen molar-refractivity contribution in [2.75, 3.05) is 6.26 Å². The van der Waals surface area contributed by atoms with Crippen molar-refractivity contribution in [1.82, 2.24) is 9.71 Å². The molecule has 4 nitrogen and oxygen atoms in total. The van der Waals surface area contributed by atoms with Crippen LogP contribution in [0, 0.1) is 11.7 Å². The van der Waals surface area contributed by atoms with E-state index in [0.717, 1.165) is 42.1 Å². The molecule has 1 aromatic carbocycles. The van der Waals surface area contributed by atoms with Crippen molar-refractivity contribution in [3.8, 4) is 0 Å². The van der Waals surface area contributed by atoms with Crippen LogP contribution in [0.3, 0.4) is 0 Å². The number of nitrogens with zero attached hydrogens (tertiary/aromatic N) is 1. The van der Waals surface area contributed by atoms with Gasteiger partial charge in [-0.05, 0) is 74.3 Å². The van der Waals surface area contributed by atoms with Crippen molar-refractivity contribution in [3.63, 3.8) is 0 Å². The third kappa shape index (κ3) is 3.92. The number of hydrogen-bond acceptors (Lipinski definition) is 3. The van der Waals surface area contributed by atoms with Gasteiger partial charge in [-0.25, -0.2) is 17.5 Å². The summed E-state index contributed by atoms with van der Waals surface area (Å²) < 4.78 is 39.1. The summed E-state index contributed by atoms with van der Waals surface area (Å²) in [6, 6.07) is 6.67. The fourth-order valence-electron chi connectivity index (χ4n) is 3.86. The molecule has 0 radical (unpaired) electrons. The van der Waals surface area contributed by atoms with Crippen LogP contribution in [0.5, 0.6) is 0 Å². The lowest BCUT2D eigenvalue weighted by Gasteiger charge is -2.32. The molecule has 0 aliphatic heterocycles. The molecule has 6 heteroatoms. The van der Waals surface area contributed by atoms with E-state index in [4.69, 9.17) is 0 Å². The summed E-state index contributed by atoms with van der Waals surface area (Å²) in [5, 5.41) is 0.892. The molecule has 1 heterocycles. The van der Waals surface area contributed by atoms with E-state index >= 15 is 0 Å². The Bertz CT molecular complexity index is 830. The van der Waals surface area contributed by atoms with Gasteiger partial charge in [-0.1, -0.05) is 0 Å². The molecule has 1 aliphatic rings. The quantitative estimate of drug-likeness (QED) is 0.917. The molecular weight excluding hydrogens is 327 g/mol. The maximum absolute atomic E-state index is 13.6. The maximum atomic E-state index is 13.6. The fraction of sp³-hybridized carbons (Fsp3) is 0.500. The van der Waals surface area contributed by atoms with E-state index in [1.54, 1.807) is 18.3 Å². The van der Waals surface area contributed by atoms with Crippen molar-refractivity contribution in [2.24, 2.45) is 5.92 Å².